The summed E-state index contributed by atoms with van der Waals surface area (Å²) in [4.78, 5) is 13.9. The Morgan fingerprint density at radius 2 is 1.39 bits per heavy atom. The second-order valence-corrected chi connectivity index (χ2v) is 16.3. The molecule has 5 aromatic rings. The van der Waals surface area contributed by atoms with Crippen LogP contribution in [0.15, 0.2) is 109 Å². The van der Waals surface area contributed by atoms with E-state index in [1.807, 2.05) is 23.4 Å². The third-order valence-electron chi connectivity index (χ3n) is 12.5. The van der Waals surface area contributed by atoms with Crippen molar-refractivity contribution in [2.45, 2.75) is 76.2 Å². The van der Waals surface area contributed by atoms with E-state index < -0.39 is 16.7 Å². The zero-order valence-electron chi connectivity index (χ0n) is 33.2. The lowest BCUT2D eigenvalue weighted by Crippen LogP contribution is -2.59. The van der Waals surface area contributed by atoms with Crippen molar-refractivity contribution in [1.82, 2.24) is 0 Å². The van der Waals surface area contributed by atoms with Crippen LogP contribution in [0.5, 0.6) is 23.0 Å². The molecule has 0 fully saturated rings. The van der Waals surface area contributed by atoms with E-state index in [0.717, 1.165) is 29.7 Å². The summed E-state index contributed by atoms with van der Waals surface area (Å²) in [7, 11) is 3.25. The van der Waals surface area contributed by atoms with Gasteiger partial charge in [-0.3, -0.25) is 0 Å². The van der Waals surface area contributed by atoms with Crippen LogP contribution in [0.4, 0.5) is 17.1 Å². The van der Waals surface area contributed by atoms with Gasteiger partial charge in [-0.05, 0) is 91.8 Å². The lowest BCUT2D eigenvalue weighted by Gasteiger charge is -2.47. The van der Waals surface area contributed by atoms with Gasteiger partial charge in [0.15, 0.2) is 23.0 Å². The highest BCUT2D eigenvalue weighted by Gasteiger charge is 2.59. The number of nitrogen functional groups attached to an aromatic ring is 1. The largest absolute Gasteiger partial charge is 0.493 e. The Morgan fingerprint density at radius 1 is 0.750 bits per heavy atom. The summed E-state index contributed by atoms with van der Waals surface area (Å²) in [6.45, 7) is 11.7. The molecule has 3 aliphatic rings. The average molecular weight is 749 g/mol. The molecule has 3 N–H and O–H groups in total. The van der Waals surface area contributed by atoms with Crippen LogP contribution < -0.4 is 34.8 Å². The SMILES string of the molecule is COc1cc(N)cc2c1OC(C)(C(C)(C)c1ccccc1CCc1ccc(CN3c4ccccc4C(C)(C)C34C=Cc3cc([NH+]=O)cc(OC)c3O4)cc1)C=C2. The molecule has 5 aromatic carbocycles. The molecule has 8 rings (SSSR count). The highest BCUT2D eigenvalue weighted by molar-refractivity contribution is 5.75. The Hall–Kier alpha value is -6.02. The second kappa shape index (κ2) is 13.6. The summed E-state index contributed by atoms with van der Waals surface area (Å²) in [6, 6.07) is 33.4. The maximum atomic E-state index is 11.6. The van der Waals surface area contributed by atoms with Gasteiger partial charge in [-0.15, -0.1) is 0 Å². The molecular formula is C48H50N3O5+. The van der Waals surface area contributed by atoms with Gasteiger partial charge in [-0.2, -0.15) is 0 Å². The first-order chi connectivity index (χ1) is 26.8. The van der Waals surface area contributed by atoms with Crippen LogP contribution in [0.3, 0.4) is 0 Å². The zero-order chi connectivity index (χ0) is 39.5. The number of hydrogen-bond donors (Lipinski definition) is 2. The van der Waals surface area contributed by atoms with E-state index >= 15 is 0 Å². The van der Waals surface area contributed by atoms with Gasteiger partial charge in [-0.25, -0.2) is 0 Å². The third kappa shape index (κ3) is 5.81. The Labute approximate surface area is 329 Å². The van der Waals surface area contributed by atoms with Crippen molar-refractivity contribution in [3.05, 3.63) is 153 Å². The van der Waals surface area contributed by atoms with Crippen molar-refractivity contribution in [3.63, 3.8) is 0 Å². The van der Waals surface area contributed by atoms with Crippen molar-refractivity contribution in [1.29, 1.82) is 0 Å². The quantitative estimate of drug-likeness (QED) is 0.138. The molecule has 1 spiro atoms. The Kier molecular flexibility index (Phi) is 8.98. The van der Waals surface area contributed by atoms with Gasteiger partial charge >= 0.3 is 0 Å². The highest BCUT2D eigenvalue weighted by atomic mass is 16.5. The van der Waals surface area contributed by atoms with E-state index in [2.05, 4.69) is 131 Å². The van der Waals surface area contributed by atoms with Crippen molar-refractivity contribution in [3.8, 4) is 23.0 Å². The molecule has 0 amide bonds. The summed E-state index contributed by atoms with van der Waals surface area (Å²) in [5, 5.41) is 2.00. The fourth-order valence-corrected chi connectivity index (χ4v) is 8.84. The zero-order valence-corrected chi connectivity index (χ0v) is 33.2. The van der Waals surface area contributed by atoms with Gasteiger partial charge in [0, 0.05) is 56.7 Å². The van der Waals surface area contributed by atoms with Crippen LogP contribution in [-0.4, -0.2) is 25.5 Å². The van der Waals surface area contributed by atoms with Crippen LogP contribution in [0.1, 0.15) is 73.6 Å². The smallest absolute Gasteiger partial charge is 0.257 e. The van der Waals surface area contributed by atoms with Crippen molar-refractivity contribution < 1.29 is 24.1 Å². The molecule has 3 heterocycles. The van der Waals surface area contributed by atoms with Crippen LogP contribution in [0.25, 0.3) is 12.2 Å². The van der Waals surface area contributed by atoms with Crippen LogP contribution in [0, 0.1) is 4.91 Å². The summed E-state index contributed by atoms with van der Waals surface area (Å²) in [6.07, 6.45) is 10.2. The molecule has 0 aliphatic carbocycles. The fraction of sp³-hybridized carbons (Fsp3) is 0.292. The van der Waals surface area contributed by atoms with Gasteiger partial charge in [-0.1, -0.05) is 86.7 Å². The Balaban J connectivity index is 1.04. The van der Waals surface area contributed by atoms with Crippen LogP contribution in [-0.2, 0) is 30.2 Å². The first-order valence-electron chi connectivity index (χ1n) is 19.2. The molecule has 0 radical (unpaired) electrons. The molecule has 286 valence electrons. The Morgan fingerprint density at radius 3 is 2.14 bits per heavy atom. The fourth-order valence-electron chi connectivity index (χ4n) is 8.84. The minimum absolute atomic E-state index is 0.376. The summed E-state index contributed by atoms with van der Waals surface area (Å²) >= 11 is 0. The number of rotatable bonds is 10. The summed E-state index contributed by atoms with van der Waals surface area (Å²) < 4.78 is 25.3. The summed E-state index contributed by atoms with van der Waals surface area (Å²) in [5.74, 6) is 2.48. The molecule has 3 aliphatic heterocycles. The topological polar surface area (TPSA) is 97.2 Å². The minimum atomic E-state index is -0.840. The third-order valence-corrected chi connectivity index (χ3v) is 12.5. The van der Waals surface area contributed by atoms with E-state index in [4.69, 9.17) is 24.7 Å². The minimum Gasteiger partial charge on any atom is -0.493 e. The van der Waals surface area contributed by atoms with Crippen LogP contribution >= 0.6 is 0 Å². The number of fused-ring (bicyclic) bond motifs is 3. The molecule has 56 heavy (non-hydrogen) atoms. The number of nitroso groups, excluding NO2 is 1. The number of nitrogens with zero attached hydrogens (tertiary/aromatic N) is 1. The molecule has 2 atom stereocenters. The predicted octanol–water partition coefficient (Wildman–Crippen LogP) is 8.79. The maximum Gasteiger partial charge on any atom is 0.257 e. The Bertz CT molecular complexity index is 2400. The highest BCUT2D eigenvalue weighted by Crippen LogP contribution is 2.57. The van der Waals surface area contributed by atoms with Crippen molar-refractivity contribution in [2.75, 3.05) is 24.9 Å². The molecule has 2 unspecified atom stereocenters. The van der Waals surface area contributed by atoms with Gasteiger partial charge in [0.1, 0.15) is 5.60 Å². The van der Waals surface area contributed by atoms with E-state index in [1.54, 1.807) is 26.4 Å². The number of benzene rings is 5. The molecule has 0 saturated carbocycles. The lowest BCUT2D eigenvalue weighted by atomic mass is 9.68. The molecule has 0 bridgehead atoms. The van der Waals surface area contributed by atoms with E-state index in [-0.39, 0.29) is 5.41 Å². The predicted molar refractivity (Wildman–Crippen MR) is 224 cm³/mol. The normalized spacial score (nSPS) is 20.1. The van der Waals surface area contributed by atoms with E-state index in [0.29, 0.717) is 40.9 Å². The number of hydrogen-bond acceptors (Lipinski definition) is 7. The number of ether oxygens (including phenoxy) is 4. The van der Waals surface area contributed by atoms with Crippen molar-refractivity contribution in [2.24, 2.45) is 0 Å². The van der Waals surface area contributed by atoms with E-state index in [9.17, 15) is 4.91 Å². The second-order valence-electron chi connectivity index (χ2n) is 16.3. The molecule has 0 saturated heterocycles. The van der Waals surface area contributed by atoms with Gasteiger partial charge in [0.05, 0.1) is 25.7 Å². The maximum absolute atomic E-state index is 11.6. The molecule has 0 aromatic heterocycles. The average Bonchev–Trinajstić information content (AvgIpc) is 3.38. The monoisotopic (exact) mass is 748 g/mol. The number of para-hydroxylation sites is 1. The number of nitrogens with two attached hydrogens (primary N) is 1. The molecule has 8 nitrogen and oxygen atoms in total. The number of aryl methyl sites for hydroxylation is 2. The van der Waals surface area contributed by atoms with Gasteiger partial charge in [0.25, 0.3) is 5.69 Å². The standard InChI is InChI=1S/C48H49N3O5/c1-45(2,47(5)24-22-34-26-36(49)28-41(53-6)43(34)55-47)38-13-9-8-12-33(38)21-20-31-16-18-32(19-17-31)30-51-40-15-11-10-14-39(40)46(3,4)48(51)25-23-35-27-37(50-52)29-42(54-7)44(35)56-48/h8-19,22-29H,20-21,30,49H2,1-7H3/p+1. The van der Waals surface area contributed by atoms with E-state index in [1.165, 1.54) is 27.8 Å². The molecule has 8 heteroatoms. The van der Waals surface area contributed by atoms with Crippen LogP contribution in [0.2, 0.25) is 0 Å². The van der Waals surface area contributed by atoms with Crippen molar-refractivity contribution >= 4 is 29.2 Å². The van der Waals surface area contributed by atoms with Gasteiger partial charge < -0.3 is 29.6 Å². The molecular weight excluding hydrogens is 699 g/mol. The first-order valence-corrected chi connectivity index (χ1v) is 19.2. The lowest BCUT2D eigenvalue weighted by molar-refractivity contribution is -0.379. The number of methoxy groups -OCH3 is 2. The first kappa shape index (κ1) is 36.9. The van der Waals surface area contributed by atoms with Gasteiger partial charge in [0.2, 0.25) is 5.72 Å². The number of nitrogens with one attached hydrogen (secondary N) is 1. The number of anilines is 2. The summed E-state index contributed by atoms with van der Waals surface area (Å²) in [5.41, 5.74) is 14.0.